The Hall–Kier alpha value is 0.270. The highest BCUT2D eigenvalue weighted by molar-refractivity contribution is 8.12. The summed E-state index contributed by atoms with van der Waals surface area (Å²) < 4.78 is 4.46. The molecule has 2 nitrogen and oxygen atoms in total. The number of hydrogen-bond donors (Lipinski definition) is 2. The normalized spacial score (nSPS) is 40.4. The van der Waals surface area contributed by atoms with E-state index < -0.39 is 11.2 Å². The fourth-order valence-electron chi connectivity index (χ4n) is 2.02. The molecule has 1 rings (SSSR count). The van der Waals surface area contributed by atoms with Gasteiger partial charge < -0.3 is 0 Å². The maximum Gasteiger partial charge on any atom is 0.00438 e. The van der Waals surface area contributed by atoms with E-state index in [0.29, 0.717) is 11.3 Å². The van der Waals surface area contributed by atoms with Crippen LogP contribution in [0.5, 0.6) is 0 Å². The molecule has 1 saturated heterocycles. The van der Waals surface area contributed by atoms with Gasteiger partial charge in [0.15, 0.2) is 0 Å². The van der Waals surface area contributed by atoms with Crippen LogP contribution < -0.4 is 0 Å². The second-order valence-electron chi connectivity index (χ2n) is 4.38. The molecule has 0 aromatic rings. The first-order chi connectivity index (χ1) is 5.03. The van der Waals surface area contributed by atoms with Gasteiger partial charge in [0.1, 0.15) is 0 Å². The molecule has 0 aromatic heterocycles. The second kappa shape index (κ2) is 3.33. The maximum atomic E-state index is 8.57. The first kappa shape index (κ1) is 9.36. The van der Waals surface area contributed by atoms with Gasteiger partial charge in [-0.3, -0.25) is 0 Å². The van der Waals surface area contributed by atoms with Crippen LogP contribution in [0.25, 0.3) is 0 Å². The molecule has 0 spiro atoms. The lowest BCUT2D eigenvalue weighted by Crippen LogP contribution is -2.28. The Balaban J connectivity index is 2.51. The van der Waals surface area contributed by atoms with Gasteiger partial charge in [0.05, 0.1) is 0 Å². The summed E-state index contributed by atoms with van der Waals surface area (Å²) in [6.07, 6.45) is 1.26. The van der Waals surface area contributed by atoms with E-state index in [4.69, 9.17) is 5.26 Å². The molecule has 0 aliphatic carbocycles. The van der Waals surface area contributed by atoms with Crippen molar-refractivity contribution in [3.8, 4) is 0 Å². The third-order valence-electron chi connectivity index (χ3n) is 2.14. The van der Waals surface area contributed by atoms with Crippen molar-refractivity contribution >= 4 is 11.2 Å². The van der Waals surface area contributed by atoms with Crippen LogP contribution in [0.4, 0.5) is 0 Å². The van der Waals surface area contributed by atoms with E-state index in [2.05, 4.69) is 25.1 Å². The Morgan fingerprint density at radius 2 is 2.18 bits per heavy atom. The van der Waals surface area contributed by atoms with Crippen molar-refractivity contribution in [2.45, 2.75) is 27.2 Å². The lowest BCUT2D eigenvalue weighted by Gasteiger charge is -2.39. The van der Waals surface area contributed by atoms with Crippen LogP contribution in [0.2, 0.25) is 0 Å². The molecular formula is C8H18O2S. The first-order valence-corrected chi connectivity index (χ1v) is 5.73. The zero-order valence-electron chi connectivity index (χ0n) is 7.50. The predicted octanol–water partition coefficient (Wildman–Crippen LogP) is 2.46. The van der Waals surface area contributed by atoms with Gasteiger partial charge in [-0.2, -0.15) is 4.33 Å². The average Bonchev–Trinajstić information content (AvgIpc) is 1.83. The van der Waals surface area contributed by atoms with E-state index in [-0.39, 0.29) is 0 Å². The van der Waals surface area contributed by atoms with Crippen LogP contribution in [-0.4, -0.2) is 16.8 Å². The largest absolute Gasteiger partial charge is 0.241 e. The molecule has 0 bridgehead atoms. The van der Waals surface area contributed by atoms with Crippen molar-refractivity contribution in [3.05, 3.63) is 0 Å². The van der Waals surface area contributed by atoms with Crippen LogP contribution in [-0.2, 0) is 4.33 Å². The number of rotatable bonds is 1. The van der Waals surface area contributed by atoms with Gasteiger partial charge in [-0.1, -0.05) is 20.8 Å². The lowest BCUT2D eigenvalue weighted by molar-refractivity contribution is -0.121. The molecule has 0 aromatic carbocycles. The Kier molecular flexibility index (Phi) is 2.84. The lowest BCUT2D eigenvalue weighted by atomic mass is 9.85. The smallest absolute Gasteiger partial charge is 0.00438 e. The highest BCUT2D eigenvalue weighted by atomic mass is 32.2. The summed E-state index contributed by atoms with van der Waals surface area (Å²) in [5.41, 5.74) is 0.367. The zero-order chi connectivity index (χ0) is 8.48. The molecule has 1 aliphatic rings. The van der Waals surface area contributed by atoms with Crippen LogP contribution in [0.3, 0.4) is 0 Å². The molecule has 1 N–H and O–H groups in total. The van der Waals surface area contributed by atoms with Gasteiger partial charge in [0.2, 0.25) is 0 Å². The molecule has 2 atom stereocenters. The fourth-order valence-corrected chi connectivity index (χ4v) is 4.19. The van der Waals surface area contributed by atoms with Gasteiger partial charge in [-0.15, -0.1) is 11.2 Å². The minimum absolute atomic E-state index is 0.367. The minimum Gasteiger partial charge on any atom is -0.241 e. The molecule has 3 heteroatoms. The zero-order valence-corrected chi connectivity index (χ0v) is 8.40. The molecule has 1 aliphatic heterocycles. The van der Waals surface area contributed by atoms with Crippen molar-refractivity contribution in [1.29, 1.82) is 0 Å². The first-order valence-electron chi connectivity index (χ1n) is 4.10. The molecule has 1 fully saturated rings. The third kappa shape index (κ3) is 2.65. The van der Waals surface area contributed by atoms with Gasteiger partial charge in [-0.05, 0) is 17.8 Å². The minimum atomic E-state index is -0.541. The summed E-state index contributed by atoms with van der Waals surface area (Å²) in [7, 11) is 0. The highest BCUT2D eigenvalue weighted by Gasteiger charge is 2.30. The molecule has 0 radical (unpaired) electrons. The van der Waals surface area contributed by atoms with Gasteiger partial charge in [-0.25, -0.2) is 5.26 Å². The van der Waals surface area contributed by atoms with Crippen molar-refractivity contribution in [2.24, 2.45) is 11.3 Å². The quantitative estimate of drug-likeness (QED) is 0.367. The Bertz CT molecular complexity index is 136. The standard InChI is InChI=1S/C8H18O2S/c1-7-4-8(2,3)6-11(5-7)10-9/h7,9,11H,4-6H2,1-3H3. The van der Waals surface area contributed by atoms with Gasteiger partial charge in [0.25, 0.3) is 0 Å². The average molecular weight is 178 g/mol. The Labute approximate surface area is 71.4 Å². The summed E-state index contributed by atoms with van der Waals surface area (Å²) in [5.74, 6) is 2.82. The van der Waals surface area contributed by atoms with E-state index in [1.54, 1.807) is 0 Å². The number of thiol groups is 1. The predicted molar refractivity (Wildman–Crippen MR) is 50.0 cm³/mol. The van der Waals surface area contributed by atoms with E-state index in [1.165, 1.54) is 6.42 Å². The SMILES string of the molecule is CC1C[SH](OO)CC(C)(C)C1. The highest BCUT2D eigenvalue weighted by Crippen LogP contribution is 2.45. The van der Waals surface area contributed by atoms with Crippen molar-refractivity contribution in [3.63, 3.8) is 0 Å². The van der Waals surface area contributed by atoms with Crippen molar-refractivity contribution in [1.82, 2.24) is 0 Å². The molecule has 0 saturated carbocycles. The van der Waals surface area contributed by atoms with Gasteiger partial charge in [0, 0.05) is 11.5 Å². The summed E-state index contributed by atoms with van der Waals surface area (Å²) in [5, 5.41) is 8.57. The topological polar surface area (TPSA) is 29.5 Å². The third-order valence-corrected chi connectivity index (χ3v) is 4.61. The van der Waals surface area contributed by atoms with Crippen LogP contribution >= 0.6 is 11.2 Å². The fraction of sp³-hybridized carbons (Fsp3) is 1.00. The van der Waals surface area contributed by atoms with Crippen LogP contribution in [0, 0.1) is 11.3 Å². The van der Waals surface area contributed by atoms with Crippen LogP contribution in [0.15, 0.2) is 0 Å². The second-order valence-corrected chi connectivity index (χ2v) is 6.19. The summed E-state index contributed by atoms with van der Waals surface area (Å²) in [4.78, 5) is 0. The summed E-state index contributed by atoms with van der Waals surface area (Å²) >= 11 is -0.541. The van der Waals surface area contributed by atoms with E-state index in [9.17, 15) is 0 Å². The van der Waals surface area contributed by atoms with Crippen molar-refractivity contribution < 1.29 is 9.59 Å². The maximum absolute atomic E-state index is 8.57. The molecular weight excluding hydrogens is 160 g/mol. The molecule has 11 heavy (non-hydrogen) atoms. The Morgan fingerprint density at radius 3 is 2.64 bits per heavy atom. The monoisotopic (exact) mass is 178 g/mol. The van der Waals surface area contributed by atoms with E-state index in [1.807, 2.05) is 0 Å². The van der Waals surface area contributed by atoms with Gasteiger partial charge >= 0.3 is 0 Å². The van der Waals surface area contributed by atoms with Crippen molar-refractivity contribution in [2.75, 3.05) is 11.5 Å². The summed E-state index contributed by atoms with van der Waals surface area (Å²) in [6.45, 7) is 6.73. The molecule has 2 unspecified atom stereocenters. The summed E-state index contributed by atoms with van der Waals surface area (Å²) in [6, 6.07) is 0. The van der Waals surface area contributed by atoms with E-state index in [0.717, 1.165) is 11.5 Å². The molecule has 68 valence electrons. The Morgan fingerprint density at radius 1 is 1.55 bits per heavy atom. The molecule has 1 heterocycles. The molecule has 0 amide bonds. The van der Waals surface area contributed by atoms with Crippen LogP contribution in [0.1, 0.15) is 27.2 Å². The van der Waals surface area contributed by atoms with E-state index >= 15 is 0 Å². The number of hydrogen-bond acceptors (Lipinski definition) is 2.